The van der Waals surface area contributed by atoms with Gasteiger partial charge in [-0.15, -0.1) is 5.10 Å². The van der Waals surface area contributed by atoms with Crippen molar-refractivity contribution in [2.24, 2.45) is 7.05 Å². The van der Waals surface area contributed by atoms with E-state index in [1.165, 1.54) is 0 Å². The average molecular weight is 378 g/mol. The van der Waals surface area contributed by atoms with E-state index in [4.69, 9.17) is 4.74 Å². The third-order valence-corrected chi connectivity index (χ3v) is 4.61. The van der Waals surface area contributed by atoms with E-state index < -0.39 is 0 Å². The molecule has 0 aliphatic heterocycles. The van der Waals surface area contributed by atoms with E-state index in [2.05, 4.69) is 30.7 Å². The lowest BCUT2D eigenvalue weighted by atomic mass is 10.1. The van der Waals surface area contributed by atoms with Crippen LogP contribution in [0.2, 0.25) is 0 Å². The summed E-state index contributed by atoms with van der Waals surface area (Å²) in [6.07, 6.45) is 3.44. The van der Waals surface area contributed by atoms with Crippen molar-refractivity contribution in [2.45, 2.75) is 26.0 Å². The fraction of sp³-hybridized carbons (Fsp3) is 0.316. The van der Waals surface area contributed by atoms with Gasteiger partial charge in [-0.25, -0.2) is 14.6 Å². The molecule has 3 heterocycles. The Kier molecular flexibility index (Phi) is 4.52. The Labute approximate surface area is 162 Å². The second kappa shape index (κ2) is 7.01. The SMILES string of the molecule is COC(C)(C)Cn1nnc2cc(-c3ccnc(Nc4ccnn4C)n3)ccc21. The fourth-order valence-electron chi connectivity index (χ4n) is 2.86. The number of methoxy groups -OCH3 is 1. The predicted octanol–water partition coefficient (Wildman–Crippen LogP) is 2.79. The van der Waals surface area contributed by atoms with Crippen molar-refractivity contribution in [1.82, 2.24) is 34.7 Å². The lowest BCUT2D eigenvalue weighted by Gasteiger charge is -2.22. The Morgan fingerprint density at radius 2 is 2.00 bits per heavy atom. The van der Waals surface area contributed by atoms with E-state index in [-0.39, 0.29) is 5.60 Å². The molecule has 1 aromatic carbocycles. The summed E-state index contributed by atoms with van der Waals surface area (Å²) < 4.78 is 9.08. The van der Waals surface area contributed by atoms with Crippen molar-refractivity contribution >= 4 is 22.8 Å². The van der Waals surface area contributed by atoms with Crippen LogP contribution in [0.3, 0.4) is 0 Å². The molecule has 3 aromatic heterocycles. The van der Waals surface area contributed by atoms with Crippen LogP contribution in [0.1, 0.15) is 13.8 Å². The van der Waals surface area contributed by atoms with Crippen molar-refractivity contribution in [3.8, 4) is 11.3 Å². The molecule has 0 amide bonds. The Balaban J connectivity index is 1.63. The highest BCUT2D eigenvalue weighted by molar-refractivity contribution is 5.80. The van der Waals surface area contributed by atoms with Gasteiger partial charge in [0.15, 0.2) is 0 Å². The van der Waals surface area contributed by atoms with Gasteiger partial charge >= 0.3 is 0 Å². The Bertz CT molecular complexity index is 1110. The number of ether oxygens (including phenoxy) is 1. The third kappa shape index (κ3) is 3.56. The van der Waals surface area contributed by atoms with E-state index in [1.807, 2.05) is 55.9 Å². The first-order valence-corrected chi connectivity index (χ1v) is 8.92. The number of rotatable bonds is 6. The van der Waals surface area contributed by atoms with E-state index in [1.54, 1.807) is 24.2 Å². The molecule has 1 N–H and O–H groups in total. The zero-order valence-corrected chi connectivity index (χ0v) is 16.3. The van der Waals surface area contributed by atoms with Crippen LogP contribution in [0.4, 0.5) is 11.8 Å². The van der Waals surface area contributed by atoms with Crippen LogP contribution in [0.5, 0.6) is 0 Å². The first-order chi connectivity index (χ1) is 13.4. The number of fused-ring (bicyclic) bond motifs is 1. The van der Waals surface area contributed by atoms with Crippen LogP contribution in [0, 0.1) is 0 Å². The number of nitrogens with one attached hydrogen (secondary N) is 1. The van der Waals surface area contributed by atoms with E-state index >= 15 is 0 Å². The molecule has 0 unspecified atom stereocenters. The summed E-state index contributed by atoms with van der Waals surface area (Å²) in [6, 6.07) is 9.73. The average Bonchev–Trinajstić information content (AvgIpc) is 3.28. The molecule has 0 radical (unpaired) electrons. The quantitative estimate of drug-likeness (QED) is 0.551. The van der Waals surface area contributed by atoms with Crippen molar-refractivity contribution in [2.75, 3.05) is 12.4 Å². The number of anilines is 2. The molecule has 4 aromatic rings. The zero-order valence-electron chi connectivity index (χ0n) is 16.3. The predicted molar refractivity (Wildman–Crippen MR) is 106 cm³/mol. The highest BCUT2D eigenvalue weighted by Crippen LogP contribution is 2.24. The van der Waals surface area contributed by atoms with E-state index in [0.29, 0.717) is 12.5 Å². The van der Waals surface area contributed by atoms with Crippen LogP contribution in [-0.2, 0) is 18.3 Å². The maximum atomic E-state index is 5.50. The molecule has 0 atom stereocenters. The molecule has 0 saturated carbocycles. The maximum absolute atomic E-state index is 5.50. The van der Waals surface area contributed by atoms with E-state index in [0.717, 1.165) is 28.1 Å². The van der Waals surface area contributed by atoms with Crippen molar-refractivity contribution < 1.29 is 4.74 Å². The van der Waals surface area contributed by atoms with Crippen molar-refractivity contribution in [3.63, 3.8) is 0 Å². The van der Waals surface area contributed by atoms with Crippen LogP contribution in [0.25, 0.3) is 22.3 Å². The second-order valence-corrected chi connectivity index (χ2v) is 7.14. The number of hydrogen-bond donors (Lipinski definition) is 1. The van der Waals surface area contributed by atoms with Gasteiger partial charge in [-0.1, -0.05) is 11.3 Å². The number of aryl methyl sites for hydroxylation is 1. The zero-order chi connectivity index (χ0) is 19.7. The topological polar surface area (TPSA) is 95.6 Å². The minimum absolute atomic E-state index is 0.321. The molecule has 9 heteroatoms. The number of hydrogen-bond acceptors (Lipinski definition) is 7. The summed E-state index contributed by atoms with van der Waals surface area (Å²) in [4.78, 5) is 8.89. The molecule has 0 fully saturated rings. The normalized spacial score (nSPS) is 11.9. The van der Waals surface area contributed by atoms with Crippen molar-refractivity contribution in [3.05, 3.63) is 42.7 Å². The Morgan fingerprint density at radius 1 is 1.14 bits per heavy atom. The minimum Gasteiger partial charge on any atom is -0.377 e. The molecule has 0 spiro atoms. The molecule has 0 bridgehead atoms. The number of nitrogens with zero attached hydrogens (tertiary/aromatic N) is 7. The summed E-state index contributed by atoms with van der Waals surface area (Å²) in [5.41, 5.74) is 3.19. The summed E-state index contributed by atoms with van der Waals surface area (Å²) >= 11 is 0. The molecule has 0 aliphatic carbocycles. The van der Waals surface area contributed by atoms with Gasteiger partial charge in [-0.3, -0.25) is 4.68 Å². The molecule has 28 heavy (non-hydrogen) atoms. The Hall–Kier alpha value is -3.33. The highest BCUT2D eigenvalue weighted by atomic mass is 16.5. The van der Waals surface area contributed by atoms with Gasteiger partial charge in [-0.2, -0.15) is 5.10 Å². The number of benzene rings is 1. The minimum atomic E-state index is -0.321. The lowest BCUT2D eigenvalue weighted by Crippen LogP contribution is -2.29. The standard InChI is InChI=1S/C19H22N8O/c1-19(2,28-4)12-27-16-6-5-13(11-15(16)24-25-27)14-7-9-20-18(22-14)23-17-8-10-21-26(17)3/h5-11H,12H2,1-4H3,(H,20,22,23). The summed E-state index contributed by atoms with van der Waals surface area (Å²) in [6.45, 7) is 4.66. The van der Waals surface area contributed by atoms with Crippen LogP contribution < -0.4 is 5.32 Å². The molecular weight excluding hydrogens is 356 g/mol. The summed E-state index contributed by atoms with van der Waals surface area (Å²) in [7, 11) is 3.55. The van der Waals surface area contributed by atoms with Crippen LogP contribution in [0.15, 0.2) is 42.7 Å². The monoisotopic (exact) mass is 378 g/mol. The number of aromatic nitrogens is 7. The first-order valence-electron chi connectivity index (χ1n) is 8.92. The highest BCUT2D eigenvalue weighted by Gasteiger charge is 2.19. The fourth-order valence-corrected chi connectivity index (χ4v) is 2.86. The summed E-state index contributed by atoms with van der Waals surface area (Å²) in [5, 5.41) is 15.9. The smallest absolute Gasteiger partial charge is 0.228 e. The van der Waals surface area contributed by atoms with Crippen LogP contribution >= 0.6 is 0 Å². The molecule has 144 valence electrons. The largest absolute Gasteiger partial charge is 0.377 e. The van der Waals surface area contributed by atoms with Gasteiger partial charge in [0.2, 0.25) is 5.95 Å². The first kappa shape index (κ1) is 18.1. The summed E-state index contributed by atoms with van der Waals surface area (Å²) in [5.74, 6) is 1.32. The molecule has 9 nitrogen and oxygen atoms in total. The molecule has 4 rings (SSSR count). The van der Waals surface area contributed by atoms with Gasteiger partial charge < -0.3 is 10.1 Å². The maximum Gasteiger partial charge on any atom is 0.228 e. The van der Waals surface area contributed by atoms with Gasteiger partial charge in [0.1, 0.15) is 11.3 Å². The van der Waals surface area contributed by atoms with Gasteiger partial charge in [0.05, 0.1) is 29.6 Å². The molecule has 0 aliphatic rings. The lowest BCUT2D eigenvalue weighted by molar-refractivity contribution is 0.00601. The molecular formula is C19H22N8O. The van der Waals surface area contributed by atoms with Crippen molar-refractivity contribution in [1.29, 1.82) is 0 Å². The van der Waals surface area contributed by atoms with Crippen LogP contribution in [-0.4, -0.2) is 47.5 Å². The van der Waals surface area contributed by atoms with Gasteiger partial charge in [0.25, 0.3) is 0 Å². The second-order valence-electron chi connectivity index (χ2n) is 7.14. The van der Waals surface area contributed by atoms with Gasteiger partial charge in [-0.05, 0) is 32.0 Å². The third-order valence-electron chi connectivity index (χ3n) is 4.61. The Morgan fingerprint density at radius 3 is 2.75 bits per heavy atom. The van der Waals surface area contributed by atoms with E-state index in [9.17, 15) is 0 Å². The van der Waals surface area contributed by atoms with Gasteiger partial charge in [0, 0.05) is 32.0 Å². The molecule has 0 saturated heterocycles.